The predicted molar refractivity (Wildman–Crippen MR) is 175 cm³/mol. The van der Waals surface area contributed by atoms with Crippen LogP contribution < -0.4 is 10.6 Å². The lowest BCUT2D eigenvalue weighted by Gasteiger charge is -2.45. The van der Waals surface area contributed by atoms with E-state index in [-0.39, 0.29) is 12.6 Å². The van der Waals surface area contributed by atoms with Gasteiger partial charge in [0.25, 0.3) is 0 Å². The molecule has 4 nitrogen and oxygen atoms in total. The smallest absolute Gasteiger partial charge is 0.0950 e. The van der Waals surface area contributed by atoms with E-state index in [1.807, 2.05) is 0 Å². The molecule has 3 atom stereocenters. The van der Waals surface area contributed by atoms with Gasteiger partial charge < -0.3 is 10.4 Å². The zero-order valence-electron chi connectivity index (χ0n) is 25.5. The fourth-order valence-corrected chi connectivity index (χ4v) is 6.77. The molecule has 1 aliphatic heterocycles. The van der Waals surface area contributed by atoms with Gasteiger partial charge in [-0.3, -0.25) is 10.2 Å². The molecule has 4 heteroatoms. The fourth-order valence-electron chi connectivity index (χ4n) is 6.77. The van der Waals surface area contributed by atoms with Crippen LogP contribution in [-0.2, 0) is 12.0 Å². The van der Waals surface area contributed by atoms with Crippen molar-refractivity contribution in [3.05, 3.63) is 143 Å². The van der Waals surface area contributed by atoms with E-state index in [2.05, 4.69) is 145 Å². The fraction of sp³-hybridized carbons (Fsp3) is 0.368. The normalized spacial score (nSPS) is 18.6. The molecular formula is C38H47N3O. The van der Waals surface area contributed by atoms with Crippen LogP contribution in [0.4, 0.5) is 0 Å². The molecule has 0 aromatic heterocycles. The van der Waals surface area contributed by atoms with E-state index in [0.29, 0.717) is 12.1 Å². The van der Waals surface area contributed by atoms with E-state index in [1.165, 1.54) is 33.4 Å². The Labute approximate surface area is 252 Å². The van der Waals surface area contributed by atoms with E-state index in [1.54, 1.807) is 0 Å². The number of rotatable bonds is 12. The summed E-state index contributed by atoms with van der Waals surface area (Å²) in [5.74, 6) is 0. The number of hydrogen-bond donors (Lipinski definition) is 3. The Balaban J connectivity index is 1.62. The van der Waals surface area contributed by atoms with Crippen molar-refractivity contribution in [2.24, 2.45) is 0 Å². The van der Waals surface area contributed by atoms with E-state index < -0.39 is 5.54 Å². The number of aliphatic hydroxyl groups is 1. The number of aryl methyl sites for hydroxylation is 2. The SMILES string of the molecule is Cc1ccc(C[C@H](CN2C[C@@H](C)NC[C@@H]2CCCO)NC(c2ccccc2)(c2ccccc2)c2ccccc2)c(C)c1. The summed E-state index contributed by atoms with van der Waals surface area (Å²) in [6.45, 7) is 9.81. The van der Waals surface area contributed by atoms with Crippen molar-refractivity contribution < 1.29 is 5.11 Å². The summed E-state index contributed by atoms with van der Waals surface area (Å²) in [7, 11) is 0. The summed E-state index contributed by atoms with van der Waals surface area (Å²) in [5.41, 5.74) is 7.20. The largest absolute Gasteiger partial charge is 0.396 e. The van der Waals surface area contributed by atoms with Gasteiger partial charge in [0.15, 0.2) is 0 Å². The molecule has 0 amide bonds. The Morgan fingerprint density at radius 2 is 1.43 bits per heavy atom. The molecule has 1 aliphatic rings. The molecular weight excluding hydrogens is 514 g/mol. The predicted octanol–water partition coefficient (Wildman–Crippen LogP) is 6.23. The lowest BCUT2D eigenvalue weighted by atomic mass is 9.76. The van der Waals surface area contributed by atoms with Crippen LogP contribution in [0.5, 0.6) is 0 Å². The molecule has 0 bridgehead atoms. The van der Waals surface area contributed by atoms with E-state index in [0.717, 1.165) is 38.9 Å². The van der Waals surface area contributed by atoms with Crippen LogP contribution in [0.2, 0.25) is 0 Å². The second-order valence-electron chi connectivity index (χ2n) is 12.1. The maximum atomic E-state index is 9.64. The number of benzene rings is 4. The number of aliphatic hydroxyl groups excluding tert-OH is 1. The van der Waals surface area contributed by atoms with E-state index >= 15 is 0 Å². The van der Waals surface area contributed by atoms with Crippen LogP contribution in [0.3, 0.4) is 0 Å². The van der Waals surface area contributed by atoms with Crippen LogP contribution in [0.1, 0.15) is 53.1 Å². The van der Waals surface area contributed by atoms with Crippen LogP contribution >= 0.6 is 0 Å². The summed E-state index contributed by atoms with van der Waals surface area (Å²) >= 11 is 0. The van der Waals surface area contributed by atoms with Crippen LogP contribution in [0.15, 0.2) is 109 Å². The quantitative estimate of drug-likeness (QED) is 0.180. The van der Waals surface area contributed by atoms with Crippen molar-refractivity contribution in [1.82, 2.24) is 15.5 Å². The topological polar surface area (TPSA) is 47.5 Å². The van der Waals surface area contributed by atoms with Gasteiger partial charge in [-0.05, 0) is 67.9 Å². The van der Waals surface area contributed by atoms with Gasteiger partial charge >= 0.3 is 0 Å². The molecule has 4 aromatic carbocycles. The second-order valence-corrected chi connectivity index (χ2v) is 12.1. The van der Waals surface area contributed by atoms with Crippen LogP contribution in [-0.4, -0.2) is 54.4 Å². The molecule has 0 saturated carbocycles. The first-order valence-electron chi connectivity index (χ1n) is 15.6. The van der Waals surface area contributed by atoms with Gasteiger partial charge in [0, 0.05) is 44.4 Å². The van der Waals surface area contributed by atoms with Gasteiger partial charge in [0.05, 0.1) is 5.54 Å². The first kappa shape index (κ1) is 30.2. The number of nitrogens with one attached hydrogen (secondary N) is 2. The highest BCUT2D eigenvalue weighted by molar-refractivity contribution is 5.49. The molecule has 1 saturated heterocycles. The Kier molecular flexibility index (Phi) is 10.2. The van der Waals surface area contributed by atoms with Crippen molar-refractivity contribution in [2.75, 3.05) is 26.2 Å². The molecule has 5 rings (SSSR count). The molecule has 0 radical (unpaired) electrons. The monoisotopic (exact) mass is 561 g/mol. The Morgan fingerprint density at radius 3 is 1.95 bits per heavy atom. The molecule has 1 heterocycles. The lowest BCUT2D eigenvalue weighted by molar-refractivity contribution is 0.105. The molecule has 0 spiro atoms. The Morgan fingerprint density at radius 1 is 0.857 bits per heavy atom. The van der Waals surface area contributed by atoms with Crippen molar-refractivity contribution in [3.63, 3.8) is 0 Å². The zero-order valence-corrected chi connectivity index (χ0v) is 25.5. The molecule has 220 valence electrons. The third kappa shape index (κ3) is 7.02. The third-order valence-electron chi connectivity index (χ3n) is 8.88. The van der Waals surface area contributed by atoms with Gasteiger partial charge in [-0.25, -0.2) is 0 Å². The van der Waals surface area contributed by atoms with Crippen molar-refractivity contribution in [3.8, 4) is 0 Å². The highest BCUT2D eigenvalue weighted by atomic mass is 16.2. The van der Waals surface area contributed by atoms with Gasteiger partial charge in [0.1, 0.15) is 0 Å². The van der Waals surface area contributed by atoms with Gasteiger partial charge in [-0.2, -0.15) is 0 Å². The maximum Gasteiger partial charge on any atom is 0.0950 e. The van der Waals surface area contributed by atoms with Crippen molar-refractivity contribution in [2.45, 2.75) is 63.7 Å². The minimum Gasteiger partial charge on any atom is -0.396 e. The molecule has 42 heavy (non-hydrogen) atoms. The van der Waals surface area contributed by atoms with E-state index in [4.69, 9.17) is 0 Å². The highest BCUT2D eigenvalue weighted by Gasteiger charge is 2.39. The van der Waals surface area contributed by atoms with E-state index in [9.17, 15) is 5.11 Å². The minimum atomic E-state index is -0.534. The minimum absolute atomic E-state index is 0.161. The summed E-state index contributed by atoms with van der Waals surface area (Å²) in [4.78, 5) is 2.67. The van der Waals surface area contributed by atoms with Gasteiger partial charge in [0.2, 0.25) is 0 Å². The Bertz CT molecular complexity index is 1280. The average molecular weight is 562 g/mol. The standard InChI is InChI=1S/C38H47N3O/c1-29-21-22-32(30(2)24-29)25-36(28-41-27-31(3)39-26-37(41)20-13-23-42)40-38(33-14-7-4-8-15-33,34-16-9-5-10-17-34)35-18-11-6-12-19-35/h4-12,14-19,21-22,24,31,36-37,39-40,42H,13,20,23,25-28H2,1-3H3/t31-,36-,37+/m1/s1. The number of piperazine rings is 1. The second kappa shape index (κ2) is 14.3. The number of nitrogens with zero attached hydrogens (tertiary/aromatic N) is 1. The van der Waals surface area contributed by atoms with Gasteiger partial charge in [-0.1, -0.05) is 115 Å². The van der Waals surface area contributed by atoms with Crippen LogP contribution in [0.25, 0.3) is 0 Å². The number of hydrogen-bond acceptors (Lipinski definition) is 4. The molecule has 0 aliphatic carbocycles. The zero-order chi connectivity index (χ0) is 29.4. The summed E-state index contributed by atoms with van der Waals surface area (Å²) in [6, 6.07) is 40.7. The highest BCUT2D eigenvalue weighted by Crippen LogP contribution is 2.38. The molecule has 0 unspecified atom stereocenters. The first-order chi connectivity index (χ1) is 20.5. The third-order valence-corrected chi connectivity index (χ3v) is 8.88. The van der Waals surface area contributed by atoms with Crippen molar-refractivity contribution in [1.29, 1.82) is 0 Å². The van der Waals surface area contributed by atoms with Crippen LogP contribution in [0, 0.1) is 13.8 Å². The molecule has 3 N–H and O–H groups in total. The molecule has 1 fully saturated rings. The lowest BCUT2D eigenvalue weighted by Crippen LogP contribution is -2.60. The molecule has 4 aromatic rings. The Hall–Kier alpha value is -3.28. The maximum absolute atomic E-state index is 9.64. The summed E-state index contributed by atoms with van der Waals surface area (Å²) < 4.78 is 0. The first-order valence-corrected chi connectivity index (χ1v) is 15.6. The summed E-state index contributed by atoms with van der Waals surface area (Å²) in [5, 5.41) is 17.7. The summed E-state index contributed by atoms with van der Waals surface area (Å²) in [6.07, 6.45) is 2.74. The van der Waals surface area contributed by atoms with Crippen molar-refractivity contribution >= 4 is 0 Å². The van der Waals surface area contributed by atoms with Gasteiger partial charge in [-0.15, -0.1) is 0 Å². The average Bonchev–Trinajstić information content (AvgIpc) is 3.02.